The van der Waals surface area contributed by atoms with Crippen molar-refractivity contribution in [1.29, 1.82) is 0 Å². The largest absolute Gasteiger partial charge is 0.387 e. The number of rotatable bonds is 7. The molecule has 0 radical (unpaired) electrons. The minimum absolute atomic E-state index is 0.0240. The molecule has 4 rings (SSSR count). The first-order valence-corrected chi connectivity index (χ1v) is 10.7. The Bertz CT molecular complexity index is 1250. The normalized spacial score (nSPS) is 14.6. The van der Waals surface area contributed by atoms with Crippen LogP contribution < -0.4 is 11.5 Å². The number of amides is 2. The van der Waals surface area contributed by atoms with E-state index in [2.05, 4.69) is 20.1 Å². The van der Waals surface area contributed by atoms with E-state index in [1.54, 1.807) is 26.2 Å². The van der Waals surface area contributed by atoms with Crippen molar-refractivity contribution in [3.63, 3.8) is 0 Å². The lowest BCUT2D eigenvalue weighted by Crippen LogP contribution is -2.26. The number of nitrogens with zero attached hydrogens (tertiary/aromatic N) is 6. The molecule has 2 amide bonds. The number of benzene rings is 1. The van der Waals surface area contributed by atoms with Crippen molar-refractivity contribution in [2.75, 3.05) is 19.8 Å². The standard InChI is InChI=1S/C23H25FN8O2/c1-31(2)18(33)12-32-11-16(9-28-32)22(34)30-21(25)19(15-7-8-15)14-5-3-13(4-6-14)17-10-27-23(26)29-20(17)24/h3-6,9-11,15,19H,7-8,12H2,1-2H3,(H2,25,30,34)(H2,26,27,29). The first-order chi connectivity index (χ1) is 16.2. The van der Waals surface area contributed by atoms with E-state index in [1.807, 2.05) is 12.1 Å². The van der Waals surface area contributed by atoms with Gasteiger partial charge in [0.15, 0.2) is 0 Å². The van der Waals surface area contributed by atoms with Crippen LogP contribution >= 0.6 is 0 Å². The van der Waals surface area contributed by atoms with Gasteiger partial charge in [-0.3, -0.25) is 14.3 Å². The number of halogens is 1. The second-order valence-corrected chi connectivity index (χ2v) is 8.43. The van der Waals surface area contributed by atoms with Gasteiger partial charge in [-0.2, -0.15) is 19.5 Å². The van der Waals surface area contributed by atoms with Crippen LogP contribution in [-0.2, 0) is 11.3 Å². The highest BCUT2D eigenvalue weighted by molar-refractivity contribution is 6.04. The Kier molecular flexibility index (Phi) is 6.35. The van der Waals surface area contributed by atoms with Gasteiger partial charge in [0.2, 0.25) is 17.8 Å². The average molecular weight is 465 g/mol. The summed E-state index contributed by atoms with van der Waals surface area (Å²) < 4.78 is 15.5. The van der Waals surface area contributed by atoms with Gasteiger partial charge in [-0.1, -0.05) is 24.3 Å². The van der Waals surface area contributed by atoms with E-state index in [-0.39, 0.29) is 47.2 Å². The van der Waals surface area contributed by atoms with E-state index in [0.29, 0.717) is 5.56 Å². The Hall–Kier alpha value is -4.15. The van der Waals surface area contributed by atoms with Crippen LogP contribution in [0.4, 0.5) is 10.3 Å². The Labute approximate surface area is 195 Å². The molecule has 1 aromatic carbocycles. The summed E-state index contributed by atoms with van der Waals surface area (Å²) in [6.45, 7) is 0.0240. The Morgan fingerprint density at radius 1 is 1.24 bits per heavy atom. The molecule has 1 atom stereocenters. The summed E-state index contributed by atoms with van der Waals surface area (Å²) in [6, 6.07) is 7.19. The molecule has 0 spiro atoms. The van der Waals surface area contributed by atoms with Crippen LogP contribution in [0.25, 0.3) is 11.1 Å². The third-order valence-electron chi connectivity index (χ3n) is 5.66. The van der Waals surface area contributed by atoms with Gasteiger partial charge >= 0.3 is 0 Å². The molecule has 2 aromatic heterocycles. The molecule has 1 aliphatic rings. The van der Waals surface area contributed by atoms with Crippen LogP contribution in [0.3, 0.4) is 0 Å². The van der Waals surface area contributed by atoms with Crippen molar-refractivity contribution in [3.05, 3.63) is 59.9 Å². The van der Waals surface area contributed by atoms with E-state index >= 15 is 0 Å². The number of aliphatic imine (C=N–C) groups is 1. The number of hydrogen-bond acceptors (Lipinski definition) is 6. The lowest BCUT2D eigenvalue weighted by Gasteiger charge is -2.16. The lowest BCUT2D eigenvalue weighted by atomic mass is 9.91. The first kappa shape index (κ1) is 23.0. The first-order valence-electron chi connectivity index (χ1n) is 10.7. The molecule has 2 heterocycles. The molecule has 176 valence electrons. The number of carbonyl (C=O) groups is 2. The molecule has 0 aliphatic heterocycles. The van der Waals surface area contributed by atoms with Crippen molar-refractivity contribution in [2.24, 2.45) is 16.6 Å². The average Bonchev–Trinajstić information content (AvgIpc) is 3.51. The van der Waals surface area contributed by atoms with Gasteiger partial charge in [0, 0.05) is 32.4 Å². The zero-order chi connectivity index (χ0) is 24.4. The van der Waals surface area contributed by atoms with Gasteiger partial charge in [0.25, 0.3) is 5.91 Å². The molecule has 34 heavy (non-hydrogen) atoms. The number of nitrogen functional groups attached to an aromatic ring is 1. The molecule has 1 aliphatic carbocycles. The highest BCUT2D eigenvalue weighted by Crippen LogP contribution is 2.43. The van der Waals surface area contributed by atoms with E-state index < -0.39 is 11.9 Å². The summed E-state index contributed by atoms with van der Waals surface area (Å²) >= 11 is 0. The van der Waals surface area contributed by atoms with Gasteiger partial charge < -0.3 is 16.4 Å². The molecule has 4 N–H and O–H groups in total. The van der Waals surface area contributed by atoms with Crippen molar-refractivity contribution in [2.45, 2.75) is 25.3 Å². The van der Waals surface area contributed by atoms with Gasteiger partial charge in [-0.25, -0.2) is 4.98 Å². The van der Waals surface area contributed by atoms with Crippen LogP contribution in [0, 0.1) is 11.9 Å². The third kappa shape index (κ3) is 5.08. The third-order valence-corrected chi connectivity index (χ3v) is 5.66. The monoisotopic (exact) mass is 464 g/mol. The molecular formula is C23H25FN8O2. The fourth-order valence-corrected chi connectivity index (χ4v) is 3.64. The highest BCUT2D eigenvalue weighted by Gasteiger charge is 2.35. The van der Waals surface area contributed by atoms with Crippen molar-refractivity contribution in [1.82, 2.24) is 24.6 Å². The number of carbonyl (C=O) groups excluding carboxylic acids is 2. The quantitative estimate of drug-likeness (QED) is 0.308. The maximum absolute atomic E-state index is 14.1. The number of hydrogen-bond donors (Lipinski definition) is 2. The zero-order valence-corrected chi connectivity index (χ0v) is 18.8. The Balaban J connectivity index is 1.53. The predicted molar refractivity (Wildman–Crippen MR) is 124 cm³/mol. The molecular weight excluding hydrogens is 439 g/mol. The molecule has 0 bridgehead atoms. The summed E-state index contributed by atoms with van der Waals surface area (Å²) in [6.07, 6.45) is 6.13. The van der Waals surface area contributed by atoms with Gasteiger partial charge in [0.05, 0.1) is 17.3 Å². The SMILES string of the molecule is CN(C)C(=O)Cn1cc(C(=O)N=C(N)C(c2ccc(-c3cnc(N)nc3F)cc2)C2CC2)cn1. The van der Waals surface area contributed by atoms with Crippen molar-refractivity contribution < 1.29 is 14.0 Å². The summed E-state index contributed by atoms with van der Waals surface area (Å²) in [5.74, 6) is -1.25. The molecule has 0 saturated heterocycles. The summed E-state index contributed by atoms with van der Waals surface area (Å²) in [4.78, 5) is 37.5. The molecule has 10 nitrogen and oxygen atoms in total. The highest BCUT2D eigenvalue weighted by atomic mass is 19.1. The van der Waals surface area contributed by atoms with E-state index in [0.717, 1.165) is 18.4 Å². The van der Waals surface area contributed by atoms with Gasteiger partial charge in [-0.15, -0.1) is 0 Å². The molecule has 1 fully saturated rings. The number of likely N-dealkylation sites (N-methyl/N-ethyl adjacent to an activating group) is 1. The van der Waals surface area contributed by atoms with Crippen LogP contribution in [0.15, 0.2) is 47.8 Å². The van der Waals surface area contributed by atoms with E-state index in [4.69, 9.17) is 11.5 Å². The maximum Gasteiger partial charge on any atom is 0.281 e. The maximum atomic E-state index is 14.1. The molecule has 1 unspecified atom stereocenters. The number of nitrogens with two attached hydrogens (primary N) is 2. The van der Waals surface area contributed by atoms with E-state index in [9.17, 15) is 14.0 Å². The van der Waals surface area contributed by atoms with Gasteiger partial charge in [0.1, 0.15) is 12.4 Å². The Morgan fingerprint density at radius 2 is 1.94 bits per heavy atom. The molecule has 3 aromatic rings. The van der Waals surface area contributed by atoms with Crippen LogP contribution in [0.1, 0.15) is 34.7 Å². The van der Waals surface area contributed by atoms with Crippen LogP contribution in [0.2, 0.25) is 0 Å². The summed E-state index contributed by atoms with van der Waals surface area (Å²) in [5, 5.41) is 4.06. The number of anilines is 1. The number of amidine groups is 1. The minimum Gasteiger partial charge on any atom is -0.387 e. The second kappa shape index (κ2) is 9.38. The zero-order valence-electron chi connectivity index (χ0n) is 18.8. The Morgan fingerprint density at radius 3 is 2.56 bits per heavy atom. The minimum atomic E-state index is -0.696. The lowest BCUT2D eigenvalue weighted by molar-refractivity contribution is -0.129. The van der Waals surface area contributed by atoms with Crippen LogP contribution in [0.5, 0.6) is 0 Å². The van der Waals surface area contributed by atoms with Crippen molar-refractivity contribution in [3.8, 4) is 11.1 Å². The number of aromatic nitrogens is 4. The molecule has 11 heteroatoms. The summed E-state index contributed by atoms with van der Waals surface area (Å²) in [5.41, 5.74) is 13.7. The fourth-order valence-electron chi connectivity index (χ4n) is 3.64. The smallest absolute Gasteiger partial charge is 0.281 e. The van der Waals surface area contributed by atoms with Crippen molar-refractivity contribution >= 4 is 23.6 Å². The van der Waals surface area contributed by atoms with Crippen LogP contribution in [-0.4, -0.2) is 56.4 Å². The second-order valence-electron chi connectivity index (χ2n) is 8.43. The van der Waals surface area contributed by atoms with Gasteiger partial charge in [-0.05, 0) is 29.9 Å². The molecule has 1 saturated carbocycles. The fraction of sp³-hybridized carbons (Fsp3) is 0.304. The summed E-state index contributed by atoms with van der Waals surface area (Å²) in [7, 11) is 3.29. The van der Waals surface area contributed by atoms with E-state index in [1.165, 1.54) is 28.2 Å². The predicted octanol–water partition coefficient (Wildman–Crippen LogP) is 1.84. The topological polar surface area (TPSA) is 145 Å².